The maximum atomic E-state index is 12.8. The maximum Gasteiger partial charge on any atom is 0.220 e. The van der Waals surface area contributed by atoms with Crippen molar-refractivity contribution < 1.29 is 8.81 Å². The van der Waals surface area contributed by atoms with E-state index in [1.54, 1.807) is 0 Å². The molecule has 1 fully saturated rings. The van der Waals surface area contributed by atoms with Crippen LogP contribution in [-0.4, -0.2) is 28.2 Å². The van der Waals surface area contributed by atoms with Crippen LogP contribution in [0.15, 0.2) is 28.7 Å². The summed E-state index contributed by atoms with van der Waals surface area (Å²) in [5, 5.41) is 7.96. The van der Waals surface area contributed by atoms with Gasteiger partial charge in [-0.2, -0.15) is 0 Å². The molecule has 1 aliphatic heterocycles. The van der Waals surface area contributed by atoms with Crippen molar-refractivity contribution in [1.29, 1.82) is 0 Å². The zero-order valence-corrected chi connectivity index (χ0v) is 10.8. The van der Waals surface area contributed by atoms with E-state index in [2.05, 4.69) is 15.1 Å². The first-order valence-corrected chi connectivity index (χ1v) is 6.47. The minimum absolute atomic E-state index is 0.190. The van der Waals surface area contributed by atoms with Gasteiger partial charge in [0.15, 0.2) is 0 Å². The van der Waals surface area contributed by atoms with E-state index in [9.17, 15) is 4.39 Å². The Kier molecular flexibility index (Phi) is 3.29. The standard InChI is InChI=1S/C14H16FN3O/c1-10-16-17-14(19-10)12-6-7-18(9-12)8-11-2-4-13(15)5-3-11/h2-5,12H,6-9H2,1H3. The molecular formula is C14H16FN3O. The number of hydrogen-bond acceptors (Lipinski definition) is 4. The van der Waals surface area contributed by atoms with E-state index in [0.717, 1.165) is 37.5 Å². The number of rotatable bonds is 3. The lowest BCUT2D eigenvalue weighted by atomic mass is 10.1. The number of likely N-dealkylation sites (tertiary alicyclic amines) is 1. The van der Waals surface area contributed by atoms with E-state index in [-0.39, 0.29) is 5.82 Å². The average Bonchev–Trinajstić information content (AvgIpc) is 3.01. The molecule has 1 aromatic heterocycles. The first kappa shape index (κ1) is 12.3. The van der Waals surface area contributed by atoms with Crippen molar-refractivity contribution in [3.8, 4) is 0 Å². The molecule has 1 unspecified atom stereocenters. The molecule has 1 atom stereocenters. The second-order valence-electron chi connectivity index (χ2n) is 5.01. The number of aryl methyl sites for hydroxylation is 1. The van der Waals surface area contributed by atoms with Crippen molar-refractivity contribution >= 4 is 0 Å². The Morgan fingerprint density at radius 1 is 1.32 bits per heavy atom. The van der Waals surface area contributed by atoms with Gasteiger partial charge in [0, 0.05) is 20.0 Å². The Labute approximate surface area is 111 Å². The molecular weight excluding hydrogens is 245 g/mol. The molecule has 0 saturated carbocycles. The second-order valence-corrected chi connectivity index (χ2v) is 5.01. The Hall–Kier alpha value is -1.75. The number of aromatic nitrogens is 2. The van der Waals surface area contributed by atoms with Gasteiger partial charge in [-0.1, -0.05) is 12.1 Å². The van der Waals surface area contributed by atoms with Crippen LogP contribution >= 0.6 is 0 Å². The molecule has 5 heteroatoms. The molecule has 0 amide bonds. The fourth-order valence-corrected chi connectivity index (χ4v) is 2.50. The predicted octanol–water partition coefficient (Wildman–Crippen LogP) is 2.51. The summed E-state index contributed by atoms with van der Waals surface area (Å²) in [6.07, 6.45) is 1.03. The van der Waals surface area contributed by atoms with E-state index in [4.69, 9.17) is 4.42 Å². The first-order valence-electron chi connectivity index (χ1n) is 6.47. The van der Waals surface area contributed by atoms with Crippen LogP contribution in [-0.2, 0) is 6.54 Å². The summed E-state index contributed by atoms with van der Waals surface area (Å²) >= 11 is 0. The molecule has 1 aliphatic rings. The molecule has 1 aromatic carbocycles. The number of nitrogens with zero attached hydrogens (tertiary/aromatic N) is 3. The van der Waals surface area contributed by atoms with Gasteiger partial charge < -0.3 is 4.42 Å². The largest absolute Gasteiger partial charge is 0.425 e. The minimum Gasteiger partial charge on any atom is -0.425 e. The van der Waals surface area contributed by atoms with E-state index < -0.39 is 0 Å². The third-order valence-corrected chi connectivity index (χ3v) is 3.48. The molecule has 2 heterocycles. The zero-order chi connectivity index (χ0) is 13.2. The third kappa shape index (κ3) is 2.81. The van der Waals surface area contributed by atoms with Gasteiger partial charge in [0.05, 0.1) is 5.92 Å². The molecule has 0 bridgehead atoms. The Bertz CT molecular complexity index is 552. The Balaban J connectivity index is 1.61. The molecule has 0 spiro atoms. The van der Waals surface area contributed by atoms with E-state index in [1.807, 2.05) is 19.1 Å². The average molecular weight is 261 g/mol. The van der Waals surface area contributed by atoms with Crippen LogP contribution in [0.1, 0.15) is 29.7 Å². The lowest BCUT2D eigenvalue weighted by Crippen LogP contribution is -2.19. The molecule has 3 rings (SSSR count). The van der Waals surface area contributed by atoms with Gasteiger partial charge in [0.25, 0.3) is 0 Å². The molecule has 0 N–H and O–H groups in total. The van der Waals surface area contributed by atoms with Crippen LogP contribution in [0.3, 0.4) is 0 Å². The number of benzene rings is 1. The van der Waals surface area contributed by atoms with E-state index >= 15 is 0 Å². The van der Waals surface area contributed by atoms with Crippen LogP contribution in [0, 0.1) is 12.7 Å². The summed E-state index contributed by atoms with van der Waals surface area (Å²) < 4.78 is 18.3. The van der Waals surface area contributed by atoms with E-state index in [0.29, 0.717) is 11.8 Å². The summed E-state index contributed by atoms with van der Waals surface area (Å²) in [6, 6.07) is 6.67. The van der Waals surface area contributed by atoms with Crippen LogP contribution < -0.4 is 0 Å². The van der Waals surface area contributed by atoms with Gasteiger partial charge in [0.2, 0.25) is 11.8 Å². The molecule has 0 aliphatic carbocycles. The lowest BCUT2D eigenvalue weighted by molar-refractivity contribution is 0.319. The van der Waals surface area contributed by atoms with Gasteiger partial charge in [-0.05, 0) is 30.7 Å². The summed E-state index contributed by atoms with van der Waals surface area (Å²) in [7, 11) is 0. The van der Waals surface area contributed by atoms with Crippen molar-refractivity contribution in [2.75, 3.05) is 13.1 Å². The van der Waals surface area contributed by atoms with E-state index in [1.165, 1.54) is 12.1 Å². The predicted molar refractivity (Wildman–Crippen MR) is 68.1 cm³/mol. The lowest BCUT2D eigenvalue weighted by Gasteiger charge is -2.15. The number of hydrogen-bond donors (Lipinski definition) is 0. The maximum absolute atomic E-state index is 12.8. The Morgan fingerprint density at radius 3 is 2.79 bits per heavy atom. The summed E-state index contributed by atoms with van der Waals surface area (Å²) in [6.45, 7) is 4.56. The summed E-state index contributed by atoms with van der Waals surface area (Å²) in [5.74, 6) is 1.48. The fraction of sp³-hybridized carbons (Fsp3) is 0.429. The van der Waals surface area contributed by atoms with Crippen LogP contribution in [0.25, 0.3) is 0 Å². The Morgan fingerprint density at radius 2 is 2.11 bits per heavy atom. The van der Waals surface area contributed by atoms with Crippen molar-refractivity contribution in [3.63, 3.8) is 0 Å². The van der Waals surface area contributed by atoms with Crippen molar-refractivity contribution in [1.82, 2.24) is 15.1 Å². The highest BCUT2D eigenvalue weighted by Gasteiger charge is 2.27. The molecule has 4 nitrogen and oxygen atoms in total. The summed E-state index contributed by atoms with van der Waals surface area (Å²) in [5.41, 5.74) is 1.13. The first-order chi connectivity index (χ1) is 9.20. The fourth-order valence-electron chi connectivity index (χ4n) is 2.50. The summed E-state index contributed by atoms with van der Waals surface area (Å²) in [4.78, 5) is 2.33. The van der Waals surface area contributed by atoms with Crippen LogP contribution in [0.5, 0.6) is 0 Å². The van der Waals surface area contributed by atoms with Crippen molar-refractivity contribution in [2.24, 2.45) is 0 Å². The SMILES string of the molecule is Cc1nnc(C2CCN(Cc3ccc(F)cc3)C2)o1. The highest BCUT2D eigenvalue weighted by atomic mass is 19.1. The molecule has 19 heavy (non-hydrogen) atoms. The monoisotopic (exact) mass is 261 g/mol. The highest BCUT2D eigenvalue weighted by molar-refractivity contribution is 5.16. The third-order valence-electron chi connectivity index (χ3n) is 3.48. The molecule has 2 aromatic rings. The van der Waals surface area contributed by atoms with Crippen LogP contribution in [0.4, 0.5) is 4.39 Å². The minimum atomic E-state index is -0.190. The smallest absolute Gasteiger partial charge is 0.220 e. The quantitative estimate of drug-likeness (QED) is 0.851. The number of halogens is 1. The highest BCUT2D eigenvalue weighted by Crippen LogP contribution is 2.27. The zero-order valence-electron chi connectivity index (χ0n) is 10.8. The molecule has 1 saturated heterocycles. The topological polar surface area (TPSA) is 42.2 Å². The normalized spacial score (nSPS) is 20.0. The second kappa shape index (κ2) is 5.09. The van der Waals surface area contributed by atoms with Gasteiger partial charge in [-0.25, -0.2) is 4.39 Å². The van der Waals surface area contributed by atoms with Crippen LogP contribution in [0.2, 0.25) is 0 Å². The van der Waals surface area contributed by atoms with Gasteiger partial charge in [-0.3, -0.25) is 4.90 Å². The van der Waals surface area contributed by atoms with Crippen molar-refractivity contribution in [2.45, 2.75) is 25.8 Å². The van der Waals surface area contributed by atoms with Crippen molar-refractivity contribution in [3.05, 3.63) is 47.4 Å². The van der Waals surface area contributed by atoms with Gasteiger partial charge >= 0.3 is 0 Å². The molecule has 0 radical (unpaired) electrons. The van der Waals surface area contributed by atoms with Gasteiger partial charge in [-0.15, -0.1) is 10.2 Å². The van der Waals surface area contributed by atoms with Gasteiger partial charge in [0.1, 0.15) is 5.82 Å². The molecule has 100 valence electrons.